The molecule has 1 N–H and O–H groups in total. The third-order valence-corrected chi connectivity index (χ3v) is 8.05. The van der Waals surface area contributed by atoms with Gasteiger partial charge in [-0.3, -0.25) is 9.52 Å². The number of nitrogens with zero attached hydrogens (tertiary/aromatic N) is 3. The van der Waals surface area contributed by atoms with Gasteiger partial charge in [-0.25, -0.2) is 13.4 Å². The van der Waals surface area contributed by atoms with Crippen LogP contribution >= 0.6 is 11.3 Å². The van der Waals surface area contributed by atoms with Crippen LogP contribution in [0.5, 0.6) is 11.5 Å². The van der Waals surface area contributed by atoms with Crippen molar-refractivity contribution in [2.24, 2.45) is 7.05 Å². The van der Waals surface area contributed by atoms with Gasteiger partial charge in [-0.05, 0) is 38.0 Å². The predicted molar refractivity (Wildman–Crippen MR) is 127 cm³/mol. The number of amides is 1. The van der Waals surface area contributed by atoms with Gasteiger partial charge in [0.15, 0.2) is 0 Å². The highest BCUT2D eigenvalue weighted by Gasteiger charge is 2.26. The number of rotatable bonds is 7. The van der Waals surface area contributed by atoms with Gasteiger partial charge in [0.1, 0.15) is 26.3 Å². The molecule has 0 saturated carbocycles. The van der Waals surface area contributed by atoms with Gasteiger partial charge >= 0.3 is 0 Å². The number of carbonyl (C=O) groups is 1. The minimum atomic E-state index is -3.90. The number of likely N-dealkylation sites (tertiary alicyclic amines) is 1. The molecule has 9 nitrogen and oxygen atoms in total. The SMILES string of the molecule is COc1ccc(NS(=O)(=O)c2cc(-c3nc(C)c(C(=O)N4CCCC4)s3)n(C)c2)c(OC)c1. The van der Waals surface area contributed by atoms with E-state index in [1.54, 1.807) is 42.8 Å². The third-order valence-electron chi connectivity index (χ3n) is 5.55. The number of thiazole rings is 1. The van der Waals surface area contributed by atoms with E-state index in [4.69, 9.17) is 9.47 Å². The molecular formula is C22H26N4O5S2. The van der Waals surface area contributed by atoms with E-state index in [1.165, 1.54) is 31.8 Å². The topological polar surface area (TPSA) is 103 Å². The zero-order chi connectivity index (χ0) is 23.8. The van der Waals surface area contributed by atoms with E-state index < -0.39 is 10.0 Å². The molecule has 11 heteroatoms. The monoisotopic (exact) mass is 490 g/mol. The summed E-state index contributed by atoms with van der Waals surface area (Å²) in [6.07, 6.45) is 3.55. The fraction of sp³-hybridized carbons (Fsp3) is 0.364. The van der Waals surface area contributed by atoms with Crippen molar-refractivity contribution in [1.29, 1.82) is 0 Å². The van der Waals surface area contributed by atoms with Crippen LogP contribution in [0, 0.1) is 6.92 Å². The Hall–Kier alpha value is -3.05. The van der Waals surface area contributed by atoms with E-state index in [2.05, 4.69) is 9.71 Å². The Morgan fingerprint density at radius 3 is 2.55 bits per heavy atom. The Balaban J connectivity index is 1.62. The van der Waals surface area contributed by atoms with Crippen molar-refractivity contribution < 1.29 is 22.7 Å². The summed E-state index contributed by atoms with van der Waals surface area (Å²) in [4.78, 5) is 19.9. The van der Waals surface area contributed by atoms with Gasteiger partial charge < -0.3 is 18.9 Å². The summed E-state index contributed by atoms with van der Waals surface area (Å²) in [7, 11) is 0.833. The molecule has 1 saturated heterocycles. The summed E-state index contributed by atoms with van der Waals surface area (Å²) in [5.74, 6) is 0.883. The van der Waals surface area contributed by atoms with Crippen LogP contribution in [0.3, 0.4) is 0 Å². The lowest BCUT2D eigenvalue weighted by atomic mass is 10.3. The number of methoxy groups -OCH3 is 2. The molecule has 1 fully saturated rings. The number of carbonyl (C=O) groups excluding carboxylic acids is 1. The summed E-state index contributed by atoms with van der Waals surface area (Å²) in [6.45, 7) is 3.33. The maximum absolute atomic E-state index is 13.1. The van der Waals surface area contributed by atoms with Crippen LogP contribution in [0.15, 0.2) is 35.4 Å². The summed E-state index contributed by atoms with van der Waals surface area (Å²) in [5.41, 5.74) is 1.57. The lowest BCUT2D eigenvalue weighted by molar-refractivity contribution is 0.0796. The second kappa shape index (κ2) is 9.06. The van der Waals surface area contributed by atoms with Crippen molar-refractivity contribution >= 4 is 33.0 Å². The molecular weight excluding hydrogens is 464 g/mol. The van der Waals surface area contributed by atoms with Gasteiger partial charge in [-0.15, -0.1) is 11.3 Å². The molecule has 1 aliphatic heterocycles. The maximum Gasteiger partial charge on any atom is 0.265 e. The average Bonchev–Trinajstić information content (AvgIpc) is 3.53. The first-order valence-corrected chi connectivity index (χ1v) is 12.7. The molecule has 1 aromatic carbocycles. The van der Waals surface area contributed by atoms with Crippen molar-refractivity contribution in [3.05, 3.63) is 41.0 Å². The van der Waals surface area contributed by atoms with Crippen molar-refractivity contribution in [2.75, 3.05) is 32.0 Å². The predicted octanol–water partition coefficient (Wildman–Crippen LogP) is 3.51. The number of hydrogen-bond acceptors (Lipinski definition) is 7. The van der Waals surface area contributed by atoms with Gasteiger partial charge in [0, 0.05) is 32.4 Å². The Morgan fingerprint density at radius 1 is 1.15 bits per heavy atom. The number of anilines is 1. The Kier molecular flexibility index (Phi) is 6.35. The molecule has 176 valence electrons. The number of benzene rings is 1. The number of hydrogen-bond donors (Lipinski definition) is 1. The first-order chi connectivity index (χ1) is 15.7. The Bertz CT molecular complexity index is 1290. The van der Waals surface area contributed by atoms with Crippen LogP contribution in [0.25, 0.3) is 10.7 Å². The fourth-order valence-electron chi connectivity index (χ4n) is 3.75. The Labute approximate surface area is 197 Å². The lowest BCUT2D eigenvalue weighted by Crippen LogP contribution is -2.27. The minimum Gasteiger partial charge on any atom is -0.497 e. The summed E-state index contributed by atoms with van der Waals surface area (Å²) >= 11 is 1.29. The van der Waals surface area contributed by atoms with E-state index in [0.717, 1.165) is 25.9 Å². The molecule has 0 spiro atoms. The highest BCUT2D eigenvalue weighted by molar-refractivity contribution is 7.92. The first-order valence-electron chi connectivity index (χ1n) is 10.4. The molecule has 0 atom stereocenters. The van der Waals surface area contributed by atoms with Gasteiger partial charge in [-0.1, -0.05) is 0 Å². The zero-order valence-corrected chi connectivity index (χ0v) is 20.5. The van der Waals surface area contributed by atoms with Crippen molar-refractivity contribution in [3.63, 3.8) is 0 Å². The molecule has 0 unspecified atom stereocenters. The standard InChI is InChI=1S/C22H26N4O5S2/c1-14-20(22(27)26-9-5-6-10-26)32-21(23-14)18-12-16(13-25(18)2)33(28,29)24-17-8-7-15(30-3)11-19(17)31-4/h7-8,11-13,24H,5-6,9-10H2,1-4H3. The minimum absolute atomic E-state index is 0.0101. The van der Waals surface area contributed by atoms with E-state index >= 15 is 0 Å². The number of nitrogens with one attached hydrogen (secondary N) is 1. The largest absolute Gasteiger partial charge is 0.497 e. The molecule has 0 radical (unpaired) electrons. The molecule has 0 bridgehead atoms. The van der Waals surface area contributed by atoms with Crippen LogP contribution in [0.4, 0.5) is 5.69 Å². The quantitative estimate of drug-likeness (QED) is 0.544. The van der Waals surface area contributed by atoms with Crippen molar-refractivity contribution in [3.8, 4) is 22.2 Å². The third kappa shape index (κ3) is 4.55. The average molecular weight is 491 g/mol. The second-order valence-electron chi connectivity index (χ2n) is 7.78. The van der Waals surface area contributed by atoms with Gasteiger partial charge in [-0.2, -0.15) is 0 Å². The lowest BCUT2D eigenvalue weighted by Gasteiger charge is -2.13. The first kappa shape index (κ1) is 23.1. The molecule has 1 aliphatic rings. The number of sulfonamides is 1. The highest BCUT2D eigenvalue weighted by Crippen LogP contribution is 2.34. The van der Waals surface area contributed by atoms with Gasteiger partial charge in [0.05, 0.1) is 31.3 Å². The number of ether oxygens (including phenoxy) is 2. The van der Waals surface area contributed by atoms with E-state index in [-0.39, 0.29) is 10.8 Å². The molecule has 3 aromatic rings. The van der Waals surface area contributed by atoms with Gasteiger partial charge in [0.2, 0.25) is 0 Å². The van der Waals surface area contributed by atoms with Crippen LogP contribution in [0.2, 0.25) is 0 Å². The Morgan fingerprint density at radius 2 is 1.88 bits per heavy atom. The second-order valence-corrected chi connectivity index (χ2v) is 10.5. The molecule has 3 heterocycles. The molecule has 4 rings (SSSR count). The van der Waals surface area contributed by atoms with Crippen LogP contribution in [-0.2, 0) is 17.1 Å². The summed E-state index contributed by atoms with van der Waals surface area (Å²) < 4.78 is 40.9. The number of aromatic nitrogens is 2. The normalized spacial score (nSPS) is 13.9. The van der Waals surface area contributed by atoms with Crippen LogP contribution in [-0.4, -0.2) is 56.1 Å². The maximum atomic E-state index is 13.1. The van der Waals surface area contributed by atoms with E-state index in [0.29, 0.717) is 38.5 Å². The molecule has 0 aliphatic carbocycles. The van der Waals surface area contributed by atoms with Crippen LogP contribution < -0.4 is 14.2 Å². The van der Waals surface area contributed by atoms with Crippen molar-refractivity contribution in [1.82, 2.24) is 14.5 Å². The summed E-state index contributed by atoms with van der Waals surface area (Å²) in [6, 6.07) is 6.39. The van der Waals surface area contributed by atoms with Crippen molar-refractivity contribution in [2.45, 2.75) is 24.7 Å². The molecule has 2 aromatic heterocycles. The zero-order valence-electron chi connectivity index (χ0n) is 18.9. The summed E-state index contributed by atoms with van der Waals surface area (Å²) in [5, 5.41) is 0.598. The molecule has 33 heavy (non-hydrogen) atoms. The highest BCUT2D eigenvalue weighted by atomic mass is 32.2. The van der Waals surface area contributed by atoms with E-state index in [9.17, 15) is 13.2 Å². The number of aryl methyl sites for hydroxylation is 2. The van der Waals surface area contributed by atoms with Crippen LogP contribution in [0.1, 0.15) is 28.2 Å². The fourth-order valence-corrected chi connectivity index (χ4v) is 5.98. The molecule has 1 amide bonds. The van der Waals surface area contributed by atoms with E-state index in [1.807, 2.05) is 4.90 Å². The van der Waals surface area contributed by atoms with Gasteiger partial charge in [0.25, 0.3) is 15.9 Å². The smallest absolute Gasteiger partial charge is 0.265 e.